The van der Waals surface area contributed by atoms with Crippen molar-refractivity contribution in [3.8, 4) is 5.69 Å². The lowest BCUT2D eigenvalue weighted by atomic mass is 10.2. The van der Waals surface area contributed by atoms with Crippen LogP contribution < -0.4 is 5.56 Å². The Kier molecular flexibility index (Phi) is 4.87. The van der Waals surface area contributed by atoms with Gasteiger partial charge >= 0.3 is 0 Å². The van der Waals surface area contributed by atoms with Crippen molar-refractivity contribution in [3.05, 3.63) is 68.7 Å². The number of ether oxygens (including phenoxy) is 1. The molecule has 6 rings (SSSR count). The van der Waals surface area contributed by atoms with Crippen LogP contribution in [0.4, 0.5) is 0 Å². The Morgan fingerprint density at radius 2 is 1.82 bits per heavy atom. The van der Waals surface area contributed by atoms with Gasteiger partial charge in [-0.1, -0.05) is 35.3 Å². The summed E-state index contributed by atoms with van der Waals surface area (Å²) in [4.78, 5) is 28.3. The molecule has 0 unspecified atom stereocenters. The molecule has 166 valence electrons. The molecule has 33 heavy (non-hydrogen) atoms. The first-order valence-corrected chi connectivity index (χ1v) is 11.5. The van der Waals surface area contributed by atoms with E-state index in [9.17, 15) is 4.79 Å². The maximum Gasteiger partial charge on any atom is 0.265 e. The Morgan fingerprint density at radius 1 is 1.03 bits per heavy atom. The highest BCUT2D eigenvalue weighted by atomic mass is 35.5. The molecule has 0 saturated carbocycles. The predicted molar refractivity (Wildman–Crippen MR) is 130 cm³/mol. The molecule has 0 aliphatic carbocycles. The van der Waals surface area contributed by atoms with Crippen LogP contribution in [0.15, 0.2) is 47.3 Å². The summed E-state index contributed by atoms with van der Waals surface area (Å²) in [7, 11) is 0. The minimum absolute atomic E-state index is 0.0102. The molecule has 0 amide bonds. The van der Waals surface area contributed by atoms with Crippen molar-refractivity contribution in [2.75, 3.05) is 6.61 Å². The number of aryl methyl sites for hydroxylation is 1. The fourth-order valence-electron chi connectivity index (χ4n) is 4.51. The summed E-state index contributed by atoms with van der Waals surface area (Å²) in [6, 6.07) is 12.9. The molecule has 1 aliphatic rings. The van der Waals surface area contributed by atoms with Gasteiger partial charge < -0.3 is 4.74 Å². The summed E-state index contributed by atoms with van der Waals surface area (Å²) >= 11 is 12.5. The summed E-state index contributed by atoms with van der Waals surface area (Å²) in [6.45, 7) is 3.03. The molecular weight excluding hydrogens is 461 g/mol. The Bertz CT molecular complexity index is 1620. The number of aromatic nitrogens is 5. The van der Waals surface area contributed by atoms with Crippen molar-refractivity contribution in [2.45, 2.75) is 32.4 Å². The summed E-state index contributed by atoms with van der Waals surface area (Å²) in [5.41, 5.74) is 3.53. The lowest BCUT2D eigenvalue weighted by Crippen LogP contribution is -2.29. The van der Waals surface area contributed by atoms with Crippen LogP contribution in [0.1, 0.15) is 18.7 Å². The zero-order valence-corrected chi connectivity index (χ0v) is 19.3. The van der Waals surface area contributed by atoms with Crippen LogP contribution >= 0.6 is 23.2 Å². The van der Waals surface area contributed by atoms with E-state index in [0.717, 1.165) is 25.0 Å². The normalized spacial score (nSPS) is 16.4. The van der Waals surface area contributed by atoms with Crippen LogP contribution in [-0.2, 0) is 11.3 Å². The highest BCUT2D eigenvalue weighted by molar-refractivity contribution is 6.42. The summed E-state index contributed by atoms with van der Waals surface area (Å²) in [5, 5.41) is 1.28. The van der Waals surface area contributed by atoms with E-state index in [4.69, 9.17) is 42.9 Å². The molecule has 0 bridgehead atoms. The molecule has 3 aromatic heterocycles. The Morgan fingerprint density at radius 3 is 2.55 bits per heavy atom. The van der Waals surface area contributed by atoms with Crippen LogP contribution in [0.5, 0.6) is 0 Å². The van der Waals surface area contributed by atoms with E-state index >= 15 is 0 Å². The fourth-order valence-corrected chi connectivity index (χ4v) is 4.80. The van der Waals surface area contributed by atoms with Gasteiger partial charge in [0.15, 0.2) is 11.3 Å². The smallest absolute Gasteiger partial charge is 0.265 e. The van der Waals surface area contributed by atoms with Crippen molar-refractivity contribution in [3.63, 3.8) is 0 Å². The second-order valence-electron chi connectivity index (χ2n) is 8.23. The molecule has 1 fully saturated rings. The van der Waals surface area contributed by atoms with Crippen LogP contribution in [0.3, 0.4) is 0 Å². The molecule has 1 aliphatic heterocycles. The largest absolute Gasteiger partial charge is 0.376 e. The maximum absolute atomic E-state index is 13.8. The van der Waals surface area contributed by atoms with Crippen LogP contribution in [0, 0.1) is 6.92 Å². The average molecular weight is 480 g/mol. The number of halogens is 2. The third-order valence-electron chi connectivity index (χ3n) is 6.13. The predicted octanol–water partition coefficient (Wildman–Crippen LogP) is 5.08. The maximum atomic E-state index is 13.8. The number of benzene rings is 2. The number of hydrogen-bond acceptors (Lipinski definition) is 5. The van der Waals surface area contributed by atoms with Gasteiger partial charge in [0.25, 0.3) is 5.56 Å². The van der Waals surface area contributed by atoms with Crippen molar-refractivity contribution in [2.24, 2.45) is 0 Å². The zero-order chi connectivity index (χ0) is 22.7. The van der Waals surface area contributed by atoms with Crippen molar-refractivity contribution < 1.29 is 4.74 Å². The highest BCUT2D eigenvalue weighted by Gasteiger charge is 2.24. The van der Waals surface area contributed by atoms with Crippen molar-refractivity contribution in [1.29, 1.82) is 0 Å². The van der Waals surface area contributed by atoms with Crippen molar-refractivity contribution >= 4 is 56.4 Å². The molecule has 2 aromatic carbocycles. The topological polar surface area (TPSA) is 74.8 Å². The molecular formula is C24H19Cl2N5O2. The lowest BCUT2D eigenvalue weighted by molar-refractivity contribution is 0.0955. The second kappa shape index (κ2) is 7.80. The number of rotatable bonds is 3. The number of hydrogen-bond donors (Lipinski definition) is 0. The standard InChI is InChI=1S/C24H19Cl2N5O2/c1-13-27-22-20(24(32)30(13)12-15-5-4-10-33-15)21-23(29-19-7-3-2-6-18(19)28-21)31(22)14-8-9-16(25)17(26)11-14/h2-3,6-9,11,15H,4-5,10,12H2,1H3/t15-/m1/s1. The van der Waals surface area contributed by atoms with E-state index < -0.39 is 0 Å². The zero-order valence-electron chi connectivity index (χ0n) is 17.8. The molecule has 4 heterocycles. The Balaban J connectivity index is 1.72. The SMILES string of the molecule is Cc1nc2c(c(=O)n1C[C@H]1CCCO1)c1nc3ccccc3nc1n2-c1ccc(Cl)c(Cl)c1. The first kappa shape index (κ1) is 20.6. The number of fused-ring (bicyclic) bond motifs is 4. The Hall–Kier alpha value is -3.00. The minimum Gasteiger partial charge on any atom is -0.376 e. The van der Waals surface area contributed by atoms with Crippen LogP contribution in [-0.4, -0.2) is 36.8 Å². The third kappa shape index (κ3) is 3.30. The van der Waals surface area contributed by atoms with Gasteiger partial charge in [-0.15, -0.1) is 0 Å². The molecule has 0 N–H and O–H groups in total. The molecule has 5 aromatic rings. The quantitative estimate of drug-likeness (QED) is 0.360. The van der Waals surface area contributed by atoms with E-state index in [0.29, 0.717) is 55.8 Å². The molecule has 1 saturated heterocycles. The Labute approximate surface area is 198 Å². The van der Waals surface area contributed by atoms with Gasteiger partial charge in [-0.25, -0.2) is 15.0 Å². The summed E-state index contributed by atoms with van der Waals surface area (Å²) < 4.78 is 9.29. The van der Waals surface area contributed by atoms with E-state index in [1.807, 2.05) is 41.8 Å². The highest BCUT2D eigenvalue weighted by Crippen LogP contribution is 2.31. The van der Waals surface area contributed by atoms with Gasteiger partial charge in [-0.3, -0.25) is 13.9 Å². The van der Waals surface area contributed by atoms with Gasteiger partial charge in [0, 0.05) is 6.61 Å². The first-order valence-electron chi connectivity index (χ1n) is 10.8. The average Bonchev–Trinajstić information content (AvgIpc) is 3.42. The van der Waals surface area contributed by atoms with Crippen LogP contribution in [0.25, 0.3) is 38.9 Å². The van der Waals surface area contributed by atoms with Gasteiger partial charge in [0.2, 0.25) is 0 Å². The van der Waals surface area contributed by atoms with E-state index in [1.165, 1.54) is 0 Å². The number of para-hydroxylation sites is 2. The van der Waals surface area contributed by atoms with E-state index in [1.54, 1.807) is 16.7 Å². The van der Waals surface area contributed by atoms with Crippen molar-refractivity contribution in [1.82, 2.24) is 24.1 Å². The summed E-state index contributed by atoms with van der Waals surface area (Å²) in [5.74, 6) is 0.608. The molecule has 9 heteroatoms. The molecule has 1 atom stereocenters. The van der Waals surface area contributed by atoms with Crippen LogP contribution in [0.2, 0.25) is 10.0 Å². The fraction of sp³-hybridized carbons (Fsp3) is 0.250. The minimum atomic E-state index is -0.151. The second-order valence-corrected chi connectivity index (χ2v) is 9.04. The lowest BCUT2D eigenvalue weighted by Gasteiger charge is -2.14. The third-order valence-corrected chi connectivity index (χ3v) is 6.86. The van der Waals surface area contributed by atoms with E-state index in [-0.39, 0.29) is 11.7 Å². The molecule has 7 nitrogen and oxygen atoms in total. The number of nitrogens with zero attached hydrogens (tertiary/aromatic N) is 5. The van der Waals surface area contributed by atoms with Gasteiger partial charge in [0.05, 0.1) is 39.4 Å². The van der Waals surface area contributed by atoms with Gasteiger partial charge in [-0.05, 0) is 50.1 Å². The monoisotopic (exact) mass is 479 g/mol. The first-order chi connectivity index (χ1) is 16.0. The summed E-state index contributed by atoms with van der Waals surface area (Å²) in [6.07, 6.45) is 1.94. The molecule has 0 radical (unpaired) electrons. The molecule has 0 spiro atoms. The van der Waals surface area contributed by atoms with E-state index in [2.05, 4.69) is 0 Å². The van der Waals surface area contributed by atoms with Gasteiger partial charge in [0.1, 0.15) is 16.7 Å². The van der Waals surface area contributed by atoms with Gasteiger partial charge in [-0.2, -0.15) is 0 Å².